The van der Waals surface area contributed by atoms with Crippen LogP contribution < -0.4 is 0 Å². The zero-order valence-corrected chi connectivity index (χ0v) is 18.3. The number of fused-ring (bicyclic) bond motifs is 1. The molecule has 3 atom stereocenters. The molecule has 0 unspecified atom stereocenters. The maximum atomic E-state index is 10.5. The predicted octanol–water partition coefficient (Wildman–Crippen LogP) is 4.75. The van der Waals surface area contributed by atoms with Crippen molar-refractivity contribution in [1.82, 2.24) is 4.42 Å². The van der Waals surface area contributed by atoms with Crippen molar-refractivity contribution in [2.75, 3.05) is 23.0 Å². The first-order chi connectivity index (χ1) is 11.3. The van der Waals surface area contributed by atoms with Crippen LogP contribution in [0.2, 0.25) is 0 Å². The molecule has 138 valence electrons. The average molecular weight is 468 g/mol. The fraction of sp³-hybridized carbons (Fsp3) is 0.684. The van der Waals surface area contributed by atoms with E-state index in [0.29, 0.717) is 11.8 Å². The minimum atomic E-state index is 0.0141. The molecule has 24 heavy (non-hydrogen) atoms. The number of benzene rings is 1. The Balaban J connectivity index is 2.26. The van der Waals surface area contributed by atoms with Crippen molar-refractivity contribution >= 4 is 33.0 Å². The van der Waals surface area contributed by atoms with E-state index in [0.717, 1.165) is 43.4 Å². The molecule has 0 heterocycles. The van der Waals surface area contributed by atoms with Crippen molar-refractivity contribution < 1.29 is 10.2 Å². The van der Waals surface area contributed by atoms with Gasteiger partial charge in [-0.15, -0.1) is 0 Å². The molecular formula is C19H31ClINO2. The zero-order valence-electron chi connectivity index (χ0n) is 15.2. The van der Waals surface area contributed by atoms with E-state index in [1.165, 1.54) is 10.5 Å². The molecule has 1 aromatic carbocycles. The molecule has 2 rings (SSSR count). The molecule has 2 N–H and O–H groups in total. The van der Waals surface area contributed by atoms with Gasteiger partial charge in [-0.25, -0.2) is 0 Å². The van der Waals surface area contributed by atoms with Gasteiger partial charge in [0.25, 0.3) is 0 Å². The second kappa shape index (κ2) is 8.45. The van der Waals surface area contributed by atoms with E-state index in [-0.39, 0.29) is 38.1 Å². The Labute approximate surface area is 161 Å². The maximum absolute atomic E-state index is 10.5. The van der Waals surface area contributed by atoms with Gasteiger partial charge in [0, 0.05) is 0 Å². The second-order valence-corrected chi connectivity index (χ2v) is 10.8. The van der Waals surface area contributed by atoms with Crippen LogP contribution in [-0.4, -0.2) is 37.6 Å². The van der Waals surface area contributed by atoms with Gasteiger partial charge in [-0.1, -0.05) is 0 Å². The van der Waals surface area contributed by atoms with Crippen LogP contribution in [0.4, 0.5) is 0 Å². The fourth-order valence-electron chi connectivity index (χ4n) is 4.42. The number of hydrogen-bond donors (Lipinski definition) is 2. The number of nitrogens with zero attached hydrogens (tertiary/aromatic N) is 1. The van der Waals surface area contributed by atoms with Crippen LogP contribution in [0.1, 0.15) is 44.2 Å². The molecule has 0 saturated carbocycles. The number of rotatable bonds is 8. The monoisotopic (exact) mass is 467 g/mol. The predicted molar refractivity (Wildman–Crippen MR) is 112 cm³/mol. The molecule has 0 spiro atoms. The van der Waals surface area contributed by atoms with Crippen molar-refractivity contribution in [1.29, 1.82) is 0 Å². The van der Waals surface area contributed by atoms with Crippen molar-refractivity contribution in [3.05, 3.63) is 23.3 Å². The Morgan fingerprint density at radius 3 is 2.75 bits per heavy atom. The Hall–Kier alpha value is -0.200. The summed E-state index contributed by atoms with van der Waals surface area (Å²) in [7, 11) is 1.90. The standard InChI is InChI=1S/C19H31ClINO2/c1-13(6-5-9-22(4)20)16-11-14-10-15(23)12-17(24)18(14)19(16,2)7-8-21-3/h10,12-13,16,21,23-24H,5-9,11H2,1-4H3/t13-,16+,19+/m0/s1. The van der Waals surface area contributed by atoms with Crippen LogP contribution in [0, 0.1) is 11.8 Å². The molecule has 0 aliphatic heterocycles. The third-order valence-electron chi connectivity index (χ3n) is 5.65. The molecule has 1 aliphatic rings. The molecule has 0 aromatic heterocycles. The summed E-state index contributed by atoms with van der Waals surface area (Å²) in [5.41, 5.74) is 2.24. The molecule has 0 fully saturated rings. The third kappa shape index (κ3) is 4.31. The molecule has 0 radical (unpaired) electrons. The zero-order chi connectivity index (χ0) is 17.9. The molecule has 1 aromatic rings. The second-order valence-electron chi connectivity index (χ2n) is 7.42. The van der Waals surface area contributed by atoms with Crippen LogP contribution in [0.5, 0.6) is 11.5 Å². The van der Waals surface area contributed by atoms with E-state index < -0.39 is 0 Å². The summed E-state index contributed by atoms with van der Waals surface area (Å²) < 4.78 is 3.01. The SMILES string of the molecule is C[IH]CC[C@@]1(C)c2c(O)cc(O)cc2C[C@@H]1[C@@H](C)CCCN(C)Cl. The molecule has 0 saturated heterocycles. The van der Waals surface area contributed by atoms with Gasteiger partial charge in [-0.3, -0.25) is 0 Å². The van der Waals surface area contributed by atoms with Crippen LogP contribution >= 0.6 is 33.0 Å². The van der Waals surface area contributed by atoms with Crippen molar-refractivity contribution in [3.8, 4) is 11.5 Å². The van der Waals surface area contributed by atoms with Crippen molar-refractivity contribution in [2.24, 2.45) is 11.8 Å². The first-order valence-corrected chi connectivity index (χ1v) is 13.0. The van der Waals surface area contributed by atoms with Crippen LogP contribution in [-0.2, 0) is 11.8 Å². The van der Waals surface area contributed by atoms with Crippen molar-refractivity contribution in [3.63, 3.8) is 0 Å². The molecule has 0 bridgehead atoms. The molecule has 0 amide bonds. The minimum absolute atomic E-state index is 0.0141. The molecule has 1 aliphatic carbocycles. The Bertz CT molecular complexity index is 567. The van der Waals surface area contributed by atoms with Crippen LogP contribution in [0.3, 0.4) is 0 Å². The van der Waals surface area contributed by atoms with Gasteiger partial charge >= 0.3 is 162 Å². The number of phenols is 2. The first-order valence-electron chi connectivity index (χ1n) is 8.70. The summed E-state index contributed by atoms with van der Waals surface area (Å²) >= 11 is 6.00. The van der Waals surface area contributed by atoms with Gasteiger partial charge in [-0.05, 0) is 0 Å². The molecule has 5 heteroatoms. The summed E-state index contributed by atoms with van der Waals surface area (Å²) in [6, 6.07) is 3.37. The number of hydrogen-bond acceptors (Lipinski definition) is 3. The Kier molecular flexibility index (Phi) is 7.09. The third-order valence-corrected chi connectivity index (χ3v) is 7.57. The van der Waals surface area contributed by atoms with Gasteiger partial charge in [-0.2, -0.15) is 0 Å². The first kappa shape index (κ1) is 20.1. The van der Waals surface area contributed by atoms with Crippen LogP contribution in [0.25, 0.3) is 0 Å². The summed E-state index contributed by atoms with van der Waals surface area (Å²) in [5, 5.41) is 20.4. The number of halogens is 2. The quantitative estimate of drug-likeness (QED) is 0.329. The van der Waals surface area contributed by atoms with Gasteiger partial charge in [0.2, 0.25) is 0 Å². The van der Waals surface area contributed by atoms with E-state index in [1.807, 2.05) is 13.1 Å². The summed E-state index contributed by atoms with van der Waals surface area (Å²) in [5.74, 6) is 1.53. The molecule has 3 nitrogen and oxygen atoms in total. The average Bonchev–Trinajstić information content (AvgIpc) is 2.78. The fourth-order valence-corrected chi connectivity index (χ4v) is 6.34. The number of aromatic hydroxyl groups is 2. The summed E-state index contributed by atoms with van der Waals surface area (Å²) in [6.07, 6.45) is 4.32. The number of phenolic OH excluding ortho intramolecular Hbond substituents is 2. The van der Waals surface area contributed by atoms with E-state index in [1.54, 1.807) is 4.42 Å². The van der Waals surface area contributed by atoms with Gasteiger partial charge in [0.15, 0.2) is 0 Å². The van der Waals surface area contributed by atoms with Crippen LogP contribution in [0.15, 0.2) is 12.1 Å². The van der Waals surface area contributed by atoms with Gasteiger partial charge in [0.1, 0.15) is 0 Å². The van der Waals surface area contributed by atoms with E-state index >= 15 is 0 Å². The van der Waals surface area contributed by atoms with Gasteiger partial charge < -0.3 is 0 Å². The topological polar surface area (TPSA) is 43.7 Å². The normalized spacial score (nSPS) is 24.5. The van der Waals surface area contributed by atoms with E-state index in [4.69, 9.17) is 11.8 Å². The van der Waals surface area contributed by atoms with Crippen molar-refractivity contribution in [2.45, 2.75) is 44.9 Å². The molecular weight excluding hydrogens is 437 g/mol. The van der Waals surface area contributed by atoms with E-state index in [9.17, 15) is 10.2 Å². The number of alkyl halides is 2. The van der Waals surface area contributed by atoms with E-state index in [2.05, 4.69) is 18.8 Å². The van der Waals surface area contributed by atoms with Gasteiger partial charge in [0.05, 0.1) is 0 Å². The Morgan fingerprint density at radius 1 is 1.42 bits per heavy atom. The summed E-state index contributed by atoms with van der Waals surface area (Å²) in [4.78, 5) is 2.34. The Morgan fingerprint density at radius 2 is 2.12 bits per heavy atom. The summed E-state index contributed by atoms with van der Waals surface area (Å²) in [6.45, 7) is 5.56.